The number of amides is 1. The van der Waals surface area contributed by atoms with Gasteiger partial charge < -0.3 is 14.7 Å². The van der Waals surface area contributed by atoms with Gasteiger partial charge in [0.25, 0.3) is 5.91 Å². The van der Waals surface area contributed by atoms with Crippen LogP contribution in [-0.4, -0.2) is 52.2 Å². The molecule has 0 radical (unpaired) electrons. The van der Waals surface area contributed by atoms with Crippen molar-refractivity contribution in [3.05, 3.63) is 54.1 Å². The molecule has 1 fully saturated rings. The first-order valence-electron chi connectivity index (χ1n) is 7.61. The van der Waals surface area contributed by atoms with Crippen molar-refractivity contribution in [1.82, 2.24) is 14.9 Å². The van der Waals surface area contributed by atoms with E-state index in [-0.39, 0.29) is 18.4 Å². The van der Waals surface area contributed by atoms with E-state index in [9.17, 15) is 9.90 Å². The number of likely N-dealkylation sites (tertiary alicyclic amines) is 1. The van der Waals surface area contributed by atoms with Crippen molar-refractivity contribution >= 4 is 5.91 Å². The maximum absolute atomic E-state index is 12.7. The van der Waals surface area contributed by atoms with E-state index in [4.69, 9.17) is 4.74 Å². The van der Waals surface area contributed by atoms with Crippen LogP contribution in [0.2, 0.25) is 0 Å². The number of fused-ring (bicyclic) bond motifs is 3. The van der Waals surface area contributed by atoms with Gasteiger partial charge in [-0.3, -0.25) is 9.78 Å². The predicted octanol–water partition coefficient (Wildman–Crippen LogP) is 1.09. The fraction of sp³-hybridized carbons (Fsp3) is 0.353. The number of ether oxygens (including phenoxy) is 1. The lowest BCUT2D eigenvalue weighted by molar-refractivity contribution is 0.0439. The van der Waals surface area contributed by atoms with E-state index in [0.717, 1.165) is 11.3 Å². The fourth-order valence-corrected chi connectivity index (χ4v) is 3.60. The highest BCUT2D eigenvalue weighted by atomic mass is 16.5. The second kappa shape index (κ2) is 5.31. The molecule has 3 heterocycles. The molecule has 0 unspecified atom stereocenters. The van der Waals surface area contributed by atoms with Crippen LogP contribution >= 0.6 is 0 Å². The maximum atomic E-state index is 12.7. The Balaban J connectivity index is 1.67. The predicted molar refractivity (Wildman–Crippen MR) is 82.1 cm³/mol. The summed E-state index contributed by atoms with van der Waals surface area (Å²) in [6, 6.07) is 7.84. The summed E-state index contributed by atoms with van der Waals surface area (Å²) in [5.74, 6) is 0.756. The maximum Gasteiger partial charge on any atom is 0.274 e. The van der Waals surface area contributed by atoms with Crippen LogP contribution in [0.15, 0.2) is 42.9 Å². The molecule has 1 saturated heterocycles. The highest BCUT2D eigenvalue weighted by Crippen LogP contribution is 2.49. The van der Waals surface area contributed by atoms with Crippen LogP contribution in [0, 0.1) is 5.41 Å². The number of aromatic nitrogens is 2. The van der Waals surface area contributed by atoms with Crippen molar-refractivity contribution in [2.24, 2.45) is 5.41 Å². The molecule has 118 valence electrons. The first-order valence-corrected chi connectivity index (χ1v) is 7.61. The van der Waals surface area contributed by atoms with Gasteiger partial charge in [-0.25, -0.2) is 4.98 Å². The van der Waals surface area contributed by atoms with E-state index in [1.165, 1.54) is 12.4 Å². The Morgan fingerprint density at radius 3 is 3.04 bits per heavy atom. The number of hydrogen-bond donors (Lipinski definition) is 1. The highest BCUT2D eigenvalue weighted by Gasteiger charge is 2.52. The van der Waals surface area contributed by atoms with Crippen molar-refractivity contribution in [2.75, 3.05) is 26.3 Å². The zero-order valence-corrected chi connectivity index (χ0v) is 12.6. The summed E-state index contributed by atoms with van der Waals surface area (Å²) in [6.45, 7) is 1.40. The topological polar surface area (TPSA) is 75.6 Å². The summed E-state index contributed by atoms with van der Waals surface area (Å²) in [5, 5.41) is 10.0. The minimum atomic E-state index is -0.452. The van der Waals surface area contributed by atoms with E-state index in [2.05, 4.69) is 9.97 Å². The lowest BCUT2D eigenvalue weighted by Crippen LogP contribution is -2.42. The normalized spacial score (nSPS) is 25.4. The largest absolute Gasteiger partial charge is 0.493 e. The van der Waals surface area contributed by atoms with E-state index in [1.54, 1.807) is 11.1 Å². The molecule has 0 saturated carbocycles. The lowest BCUT2D eigenvalue weighted by atomic mass is 9.74. The Morgan fingerprint density at radius 2 is 2.26 bits per heavy atom. The average Bonchev–Trinajstić information content (AvgIpc) is 3.02. The van der Waals surface area contributed by atoms with E-state index < -0.39 is 5.41 Å². The number of hydrogen-bond acceptors (Lipinski definition) is 5. The Kier molecular flexibility index (Phi) is 3.27. The third-order valence-corrected chi connectivity index (χ3v) is 4.84. The molecule has 2 aromatic rings. The van der Waals surface area contributed by atoms with Gasteiger partial charge in [-0.1, -0.05) is 18.2 Å². The van der Waals surface area contributed by atoms with Gasteiger partial charge in [0, 0.05) is 31.4 Å². The molecule has 6 heteroatoms. The second-order valence-electron chi connectivity index (χ2n) is 6.18. The molecule has 1 N–H and O–H groups in total. The van der Waals surface area contributed by atoms with Crippen LogP contribution in [0.25, 0.3) is 0 Å². The molecule has 23 heavy (non-hydrogen) atoms. The van der Waals surface area contributed by atoms with Crippen molar-refractivity contribution in [2.45, 2.75) is 5.92 Å². The molecular formula is C17H17N3O3. The molecule has 2 aliphatic rings. The smallest absolute Gasteiger partial charge is 0.274 e. The Hall–Kier alpha value is -2.47. The number of carbonyl (C=O) groups is 1. The minimum Gasteiger partial charge on any atom is -0.493 e. The minimum absolute atomic E-state index is 0.0176. The third-order valence-electron chi connectivity index (χ3n) is 4.84. The van der Waals surface area contributed by atoms with Crippen LogP contribution in [0.3, 0.4) is 0 Å². The van der Waals surface area contributed by atoms with Crippen molar-refractivity contribution in [3.8, 4) is 5.75 Å². The summed E-state index contributed by atoms with van der Waals surface area (Å²) in [4.78, 5) is 22.5. The van der Waals surface area contributed by atoms with Gasteiger partial charge in [-0.15, -0.1) is 0 Å². The quantitative estimate of drug-likeness (QED) is 0.898. The first-order chi connectivity index (χ1) is 11.2. The lowest BCUT2D eigenvalue weighted by Gasteiger charge is -2.37. The van der Waals surface area contributed by atoms with Gasteiger partial charge in [0.2, 0.25) is 0 Å². The molecule has 0 bridgehead atoms. The van der Waals surface area contributed by atoms with Crippen LogP contribution in [0.1, 0.15) is 22.0 Å². The number of benzene rings is 1. The number of carbonyl (C=O) groups excluding carboxylic acids is 1. The molecule has 4 rings (SSSR count). The first kappa shape index (κ1) is 14.1. The van der Waals surface area contributed by atoms with Gasteiger partial charge in [0.05, 0.1) is 24.8 Å². The second-order valence-corrected chi connectivity index (χ2v) is 6.18. The number of para-hydroxylation sites is 1. The Morgan fingerprint density at radius 1 is 1.39 bits per heavy atom. The molecular weight excluding hydrogens is 294 g/mol. The molecule has 0 spiro atoms. The Labute approximate surface area is 133 Å². The third kappa shape index (κ3) is 2.17. The van der Waals surface area contributed by atoms with Gasteiger partial charge in [0.1, 0.15) is 11.4 Å². The molecule has 6 nitrogen and oxygen atoms in total. The molecule has 2 aliphatic heterocycles. The Bertz CT molecular complexity index is 737. The number of nitrogens with zero attached hydrogens (tertiary/aromatic N) is 3. The summed E-state index contributed by atoms with van der Waals surface area (Å²) in [5.41, 5.74) is 0.933. The van der Waals surface area contributed by atoms with Gasteiger partial charge in [-0.05, 0) is 11.6 Å². The van der Waals surface area contributed by atoms with E-state index >= 15 is 0 Å². The van der Waals surface area contributed by atoms with Crippen LogP contribution < -0.4 is 4.74 Å². The SMILES string of the molecule is O=C(c1cnccn1)N1C[C@@H]2c3ccccc3OC[C@]2(CO)C1. The molecule has 1 aromatic carbocycles. The van der Waals surface area contributed by atoms with E-state index in [0.29, 0.717) is 25.4 Å². The molecule has 2 atom stereocenters. The molecule has 1 aromatic heterocycles. The van der Waals surface area contributed by atoms with Crippen molar-refractivity contribution in [3.63, 3.8) is 0 Å². The van der Waals surface area contributed by atoms with Gasteiger partial charge in [0.15, 0.2) is 0 Å². The summed E-state index contributed by atoms with van der Waals surface area (Å²) < 4.78 is 5.84. The summed E-state index contributed by atoms with van der Waals surface area (Å²) in [7, 11) is 0. The van der Waals surface area contributed by atoms with Gasteiger partial charge in [-0.2, -0.15) is 0 Å². The van der Waals surface area contributed by atoms with Crippen molar-refractivity contribution < 1.29 is 14.6 Å². The summed E-state index contributed by atoms with van der Waals surface area (Å²) in [6.07, 6.45) is 4.52. The van der Waals surface area contributed by atoms with E-state index in [1.807, 2.05) is 24.3 Å². The average molecular weight is 311 g/mol. The number of aliphatic hydroxyl groups is 1. The highest BCUT2D eigenvalue weighted by molar-refractivity contribution is 5.92. The van der Waals surface area contributed by atoms with Crippen molar-refractivity contribution in [1.29, 1.82) is 0 Å². The van der Waals surface area contributed by atoms with Crippen LogP contribution in [0.4, 0.5) is 0 Å². The fourth-order valence-electron chi connectivity index (χ4n) is 3.60. The molecule has 1 amide bonds. The number of rotatable bonds is 2. The van der Waals surface area contributed by atoms with Crippen LogP contribution in [-0.2, 0) is 0 Å². The number of aliphatic hydroxyl groups excluding tert-OH is 1. The monoisotopic (exact) mass is 311 g/mol. The molecule has 0 aliphatic carbocycles. The zero-order valence-electron chi connectivity index (χ0n) is 12.6. The summed E-state index contributed by atoms with van der Waals surface area (Å²) >= 11 is 0. The zero-order chi connectivity index (χ0) is 15.9. The standard InChI is InChI=1S/C17H17N3O3/c21-10-17-9-20(16(22)14-7-18-5-6-19-14)8-13(17)12-3-1-2-4-15(12)23-11-17/h1-7,13,21H,8-11H2/t13-,17-/m1/s1. The van der Waals surface area contributed by atoms with Gasteiger partial charge >= 0.3 is 0 Å². The van der Waals surface area contributed by atoms with Crippen LogP contribution in [0.5, 0.6) is 5.75 Å².